The van der Waals surface area contributed by atoms with E-state index < -0.39 is 18.0 Å². The number of alkyl halides is 3. The predicted octanol–water partition coefficient (Wildman–Crippen LogP) is 2.04. The zero-order valence-electron chi connectivity index (χ0n) is 10.4. The summed E-state index contributed by atoms with van der Waals surface area (Å²) in [6.45, 7) is 1.51. The van der Waals surface area contributed by atoms with Gasteiger partial charge >= 0.3 is 6.18 Å². The quantitative estimate of drug-likeness (QED) is 0.867. The third kappa shape index (κ3) is 4.23. The van der Waals surface area contributed by atoms with Gasteiger partial charge in [-0.25, -0.2) is 9.97 Å². The van der Waals surface area contributed by atoms with Crippen molar-refractivity contribution in [2.75, 3.05) is 19.4 Å². The van der Waals surface area contributed by atoms with E-state index in [9.17, 15) is 18.0 Å². The Balaban J connectivity index is 2.96. The lowest BCUT2D eigenvalue weighted by molar-refractivity contribution is -0.144. The first-order chi connectivity index (χ1) is 8.61. The van der Waals surface area contributed by atoms with Crippen LogP contribution < -0.4 is 5.32 Å². The van der Waals surface area contributed by atoms with E-state index in [2.05, 4.69) is 15.3 Å². The van der Waals surface area contributed by atoms with Crippen molar-refractivity contribution < 1.29 is 18.0 Å². The lowest BCUT2D eigenvalue weighted by Gasteiger charge is -2.18. The molecule has 0 saturated heterocycles. The van der Waals surface area contributed by atoms with E-state index in [-0.39, 0.29) is 16.9 Å². The third-order valence-corrected chi connectivity index (χ3v) is 2.32. The van der Waals surface area contributed by atoms with Crippen LogP contribution in [-0.2, 0) is 11.0 Å². The van der Waals surface area contributed by atoms with Crippen molar-refractivity contribution in [1.82, 2.24) is 14.9 Å². The first-order valence-electron chi connectivity index (χ1n) is 5.20. The van der Waals surface area contributed by atoms with Crippen molar-refractivity contribution in [3.8, 4) is 0 Å². The Hall–Kier alpha value is -1.57. The molecule has 1 unspecified atom stereocenters. The fourth-order valence-electron chi connectivity index (χ4n) is 1.29. The van der Waals surface area contributed by atoms with Gasteiger partial charge in [-0.1, -0.05) is 11.6 Å². The highest BCUT2D eigenvalue weighted by Gasteiger charge is 2.35. The Morgan fingerprint density at radius 2 is 2.00 bits per heavy atom. The van der Waals surface area contributed by atoms with Crippen LogP contribution in [-0.4, -0.2) is 40.9 Å². The summed E-state index contributed by atoms with van der Waals surface area (Å²) in [4.78, 5) is 19.3. The highest BCUT2D eigenvalue weighted by molar-refractivity contribution is 6.29. The van der Waals surface area contributed by atoms with Gasteiger partial charge in [-0.05, 0) is 6.92 Å². The number of hydrogen-bond acceptors (Lipinski definition) is 4. The molecule has 0 aliphatic heterocycles. The summed E-state index contributed by atoms with van der Waals surface area (Å²) >= 11 is 5.50. The molecule has 1 atom stereocenters. The lowest BCUT2D eigenvalue weighted by Crippen LogP contribution is -2.37. The summed E-state index contributed by atoms with van der Waals surface area (Å²) in [6, 6.07) is 0.387. The summed E-state index contributed by atoms with van der Waals surface area (Å²) in [7, 11) is 3.07. The van der Waals surface area contributed by atoms with E-state index in [1.165, 1.54) is 25.9 Å². The van der Waals surface area contributed by atoms with Crippen LogP contribution >= 0.6 is 11.6 Å². The number of carbonyl (C=O) groups excluding carboxylic acids is 1. The predicted molar refractivity (Wildman–Crippen MR) is 63.8 cm³/mol. The Labute approximate surface area is 112 Å². The minimum absolute atomic E-state index is 0.157. The molecule has 0 bridgehead atoms. The number of anilines is 1. The number of halogens is 4. The highest BCUT2D eigenvalue weighted by Crippen LogP contribution is 2.28. The second kappa shape index (κ2) is 5.60. The summed E-state index contributed by atoms with van der Waals surface area (Å²) in [6.07, 6.45) is -4.70. The smallest absolute Gasteiger partial charge is 0.358 e. The van der Waals surface area contributed by atoms with E-state index in [0.29, 0.717) is 0 Å². The number of nitrogens with one attached hydrogen (secondary N) is 1. The van der Waals surface area contributed by atoms with Gasteiger partial charge in [0.15, 0.2) is 0 Å². The van der Waals surface area contributed by atoms with Crippen molar-refractivity contribution in [1.29, 1.82) is 0 Å². The van der Waals surface area contributed by atoms with Gasteiger partial charge in [0.05, 0.1) is 0 Å². The third-order valence-electron chi connectivity index (χ3n) is 2.12. The Kier molecular flexibility index (Phi) is 4.56. The number of hydrogen-bond donors (Lipinski definition) is 1. The number of rotatable bonds is 3. The minimum atomic E-state index is -4.70. The number of carbonyl (C=O) groups is 1. The SMILES string of the molecule is CC(Nc1cc(Cl)nc(C(F)(F)F)n1)C(=O)N(C)C. The number of likely N-dealkylation sites (N-methyl/N-ethyl adjacent to an activating group) is 1. The Morgan fingerprint density at radius 3 is 2.47 bits per heavy atom. The standard InChI is InChI=1S/C10H12ClF3N4O/c1-5(8(19)18(2)3)15-7-4-6(11)16-9(17-7)10(12,13)14/h4-5H,1-3H3,(H,15,16,17). The molecule has 0 aliphatic rings. The van der Waals surface area contributed by atoms with Crippen LogP contribution in [0.15, 0.2) is 6.07 Å². The zero-order chi connectivity index (χ0) is 14.8. The Morgan fingerprint density at radius 1 is 1.42 bits per heavy atom. The van der Waals surface area contributed by atoms with Gasteiger partial charge in [-0.3, -0.25) is 4.79 Å². The maximum absolute atomic E-state index is 12.5. The molecule has 106 valence electrons. The van der Waals surface area contributed by atoms with Crippen molar-refractivity contribution in [2.24, 2.45) is 0 Å². The van der Waals surface area contributed by atoms with Crippen LogP contribution in [0, 0.1) is 0 Å². The average Bonchev–Trinajstić information content (AvgIpc) is 2.25. The molecular formula is C10H12ClF3N4O. The van der Waals surface area contributed by atoms with Gasteiger partial charge in [0.1, 0.15) is 17.0 Å². The van der Waals surface area contributed by atoms with Gasteiger partial charge in [-0.2, -0.15) is 13.2 Å². The first kappa shape index (κ1) is 15.5. The average molecular weight is 297 g/mol. The normalized spacial score (nSPS) is 13.0. The van der Waals surface area contributed by atoms with Crippen molar-refractivity contribution in [3.63, 3.8) is 0 Å². The molecule has 0 radical (unpaired) electrons. The van der Waals surface area contributed by atoms with E-state index in [4.69, 9.17) is 11.6 Å². The molecule has 1 N–H and O–H groups in total. The molecule has 0 aliphatic carbocycles. The highest BCUT2D eigenvalue weighted by atomic mass is 35.5. The van der Waals surface area contributed by atoms with Gasteiger partial charge in [-0.15, -0.1) is 0 Å². The monoisotopic (exact) mass is 296 g/mol. The number of nitrogens with zero attached hydrogens (tertiary/aromatic N) is 3. The van der Waals surface area contributed by atoms with Crippen LogP contribution in [0.5, 0.6) is 0 Å². The maximum atomic E-state index is 12.5. The van der Waals surface area contributed by atoms with Crippen LogP contribution in [0.3, 0.4) is 0 Å². The maximum Gasteiger partial charge on any atom is 0.451 e. The molecule has 1 heterocycles. The summed E-state index contributed by atoms with van der Waals surface area (Å²) in [5, 5.41) is 2.20. The van der Waals surface area contributed by atoms with Crippen LogP contribution in [0.4, 0.5) is 19.0 Å². The van der Waals surface area contributed by atoms with Crippen LogP contribution in [0.2, 0.25) is 5.15 Å². The van der Waals surface area contributed by atoms with Crippen molar-refractivity contribution in [3.05, 3.63) is 17.0 Å². The van der Waals surface area contributed by atoms with Crippen molar-refractivity contribution >= 4 is 23.3 Å². The molecule has 0 aromatic carbocycles. The molecule has 0 fully saturated rings. The molecule has 0 spiro atoms. The van der Waals surface area contributed by atoms with E-state index in [1.807, 2.05) is 0 Å². The second-order valence-corrected chi connectivity index (χ2v) is 4.38. The van der Waals surface area contributed by atoms with Crippen LogP contribution in [0.25, 0.3) is 0 Å². The van der Waals surface area contributed by atoms with Gasteiger partial charge in [0.25, 0.3) is 0 Å². The molecule has 1 aromatic heterocycles. The molecule has 5 nitrogen and oxygen atoms in total. The van der Waals surface area contributed by atoms with Crippen molar-refractivity contribution in [2.45, 2.75) is 19.1 Å². The van der Waals surface area contributed by atoms with E-state index in [0.717, 1.165) is 6.07 Å². The summed E-state index contributed by atoms with van der Waals surface area (Å²) in [5.41, 5.74) is 0. The summed E-state index contributed by atoms with van der Waals surface area (Å²) in [5.74, 6) is -1.81. The molecule has 0 saturated carbocycles. The second-order valence-electron chi connectivity index (χ2n) is 4.00. The largest absolute Gasteiger partial charge is 0.451 e. The molecule has 9 heteroatoms. The van der Waals surface area contributed by atoms with E-state index in [1.54, 1.807) is 0 Å². The zero-order valence-corrected chi connectivity index (χ0v) is 11.2. The van der Waals surface area contributed by atoms with Gasteiger partial charge in [0.2, 0.25) is 11.7 Å². The number of amides is 1. The molecule has 1 aromatic rings. The fraction of sp³-hybridized carbons (Fsp3) is 0.500. The van der Waals surface area contributed by atoms with Crippen LogP contribution in [0.1, 0.15) is 12.7 Å². The number of aromatic nitrogens is 2. The topological polar surface area (TPSA) is 58.1 Å². The molecule has 19 heavy (non-hydrogen) atoms. The molecular weight excluding hydrogens is 285 g/mol. The van der Waals surface area contributed by atoms with Gasteiger partial charge in [0, 0.05) is 20.2 Å². The lowest BCUT2D eigenvalue weighted by atomic mass is 10.3. The molecule has 1 amide bonds. The molecule has 1 rings (SSSR count). The summed E-state index contributed by atoms with van der Waals surface area (Å²) < 4.78 is 37.5. The fourth-order valence-corrected chi connectivity index (χ4v) is 1.47. The first-order valence-corrected chi connectivity index (χ1v) is 5.58. The van der Waals surface area contributed by atoms with E-state index >= 15 is 0 Å². The minimum Gasteiger partial charge on any atom is -0.358 e. The van der Waals surface area contributed by atoms with Gasteiger partial charge < -0.3 is 10.2 Å². The Bertz CT molecular complexity index is 478.